The van der Waals surface area contributed by atoms with Gasteiger partial charge in [-0.2, -0.15) is 0 Å². The second-order valence-electron chi connectivity index (χ2n) is 15.2. The average Bonchev–Trinajstić information content (AvgIpc) is 3.21. The van der Waals surface area contributed by atoms with E-state index in [2.05, 4.69) is 0 Å². The van der Waals surface area contributed by atoms with Gasteiger partial charge in [-0.1, -0.05) is 78.9 Å². The first-order valence-electron chi connectivity index (χ1n) is 19.7. The number of carbonyl (C=O) groups is 2. The zero-order valence-corrected chi connectivity index (χ0v) is 34.2. The van der Waals surface area contributed by atoms with Gasteiger partial charge in [0.05, 0.1) is 42.2 Å². The fourth-order valence-corrected chi connectivity index (χ4v) is 7.26. The summed E-state index contributed by atoms with van der Waals surface area (Å²) in [6.45, 7) is 0. The van der Waals surface area contributed by atoms with Gasteiger partial charge in [0.2, 0.25) is 0 Å². The van der Waals surface area contributed by atoms with Crippen LogP contribution in [0.3, 0.4) is 0 Å². The highest BCUT2D eigenvalue weighted by molar-refractivity contribution is 6.03. The van der Waals surface area contributed by atoms with Gasteiger partial charge >= 0.3 is 11.9 Å². The van der Waals surface area contributed by atoms with Crippen molar-refractivity contribution in [1.29, 1.82) is 0 Å². The summed E-state index contributed by atoms with van der Waals surface area (Å²) >= 11 is 0. The van der Waals surface area contributed by atoms with Crippen LogP contribution < -0.4 is 9.80 Å². The van der Waals surface area contributed by atoms with Gasteiger partial charge in [0.25, 0.3) is 0 Å². The Labute approximate surface area is 352 Å². The molecule has 0 amide bonds. The SMILES string of the molecule is CN(C)c1nc2ccccc2c(-c2ccc(F)cc2)c1/C=C/[C@H](O)C[C@H](O)CC(=O)O.CN(C)c1nc2ccccc2c(-c2ccc(F)cc2)c1/C=C/[C@H]1C[C@H](O)CC(=O)O1. The highest BCUT2D eigenvalue weighted by Crippen LogP contribution is 2.39. The van der Waals surface area contributed by atoms with Crippen LogP contribution in [-0.4, -0.2) is 94.9 Å². The number of ether oxygens (including phenoxy) is 1. The van der Waals surface area contributed by atoms with E-state index in [0.29, 0.717) is 12.2 Å². The van der Waals surface area contributed by atoms with Gasteiger partial charge in [0.15, 0.2) is 0 Å². The Morgan fingerprint density at radius 1 is 0.770 bits per heavy atom. The molecule has 1 aliphatic heterocycles. The fraction of sp³-hybridized carbons (Fsp3) is 0.250. The molecule has 1 saturated heterocycles. The van der Waals surface area contributed by atoms with E-state index in [1.807, 2.05) is 92.6 Å². The Balaban J connectivity index is 0.000000204. The van der Waals surface area contributed by atoms with Crippen LogP contribution in [0, 0.1) is 11.6 Å². The zero-order valence-electron chi connectivity index (χ0n) is 34.2. The molecule has 2 aromatic heterocycles. The van der Waals surface area contributed by atoms with Crippen molar-refractivity contribution in [2.75, 3.05) is 38.0 Å². The highest BCUT2D eigenvalue weighted by atomic mass is 19.1. The molecule has 1 aliphatic rings. The molecular formula is C48H48F2N4O7. The molecule has 0 bridgehead atoms. The number of carboxylic acids is 1. The van der Waals surface area contributed by atoms with E-state index in [0.717, 1.165) is 61.0 Å². The number of aliphatic carboxylic acids is 1. The number of aliphatic hydroxyl groups is 3. The summed E-state index contributed by atoms with van der Waals surface area (Å²) in [7, 11) is 7.53. The molecule has 316 valence electrons. The van der Waals surface area contributed by atoms with Crippen molar-refractivity contribution in [2.24, 2.45) is 0 Å². The molecule has 1 fully saturated rings. The first-order valence-corrected chi connectivity index (χ1v) is 19.7. The Morgan fingerprint density at radius 3 is 1.70 bits per heavy atom. The third-order valence-electron chi connectivity index (χ3n) is 10.0. The van der Waals surface area contributed by atoms with Crippen molar-refractivity contribution in [3.8, 4) is 22.3 Å². The summed E-state index contributed by atoms with van der Waals surface area (Å²) in [6, 6.07) is 28.0. The van der Waals surface area contributed by atoms with Crippen molar-refractivity contribution in [2.45, 2.75) is 50.1 Å². The number of para-hydroxylation sites is 2. The lowest BCUT2D eigenvalue weighted by Crippen LogP contribution is -2.31. The summed E-state index contributed by atoms with van der Waals surface area (Å²) in [6.07, 6.45) is 3.30. The lowest BCUT2D eigenvalue weighted by atomic mass is 9.94. The van der Waals surface area contributed by atoms with Crippen LogP contribution in [-0.2, 0) is 14.3 Å². The van der Waals surface area contributed by atoms with Gasteiger partial charge < -0.3 is 35.0 Å². The number of benzene rings is 4. The summed E-state index contributed by atoms with van der Waals surface area (Å²) in [5.41, 5.74) is 6.58. The third-order valence-corrected chi connectivity index (χ3v) is 10.0. The molecule has 6 aromatic rings. The fourth-order valence-electron chi connectivity index (χ4n) is 7.26. The normalized spacial score (nSPS) is 16.3. The Kier molecular flexibility index (Phi) is 14.2. The number of rotatable bonds is 12. The van der Waals surface area contributed by atoms with Crippen LogP contribution in [0.25, 0.3) is 56.2 Å². The number of carboxylic acid groups (broad SMARTS) is 1. The number of hydrogen-bond acceptors (Lipinski definition) is 10. The Hall–Kier alpha value is -6.54. The second-order valence-corrected chi connectivity index (χ2v) is 15.2. The van der Waals surface area contributed by atoms with Crippen molar-refractivity contribution in [1.82, 2.24) is 9.97 Å². The van der Waals surface area contributed by atoms with E-state index >= 15 is 0 Å². The number of hydrogen-bond donors (Lipinski definition) is 4. The van der Waals surface area contributed by atoms with Crippen LogP contribution >= 0.6 is 0 Å². The number of aliphatic hydroxyl groups excluding tert-OH is 3. The standard InChI is InChI=1S/C24H25FN2O4.C24H23FN2O3/c1-27(2)24-20(12-11-17(28)13-18(29)14-22(30)31)23(15-7-9-16(25)10-8-15)19-5-3-4-6-21(19)26-24;1-27(2)24-20(12-11-18-13-17(28)14-22(29)30-18)23(15-7-9-16(25)10-8-15)19-5-3-4-6-21(19)26-24/h3-12,17-18,28-29H,13-14H2,1-2H3,(H,30,31);3-12,17-18,28H,13-14H2,1-2H3/b2*12-11+/t2*17-,18-/m00/s1. The van der Waals surface area contributed by atoms with Crippen molar-refractivity contribution in [3.05, 3.63) is 132 Å². The molecule has 0 unspecified atom stereocenters. The van der Waals surface area contributed by atoms with E-state index in [4.69, 9.17) is 19.8 Å². The van der Waals surface area contributed by atoms with Gasteiger partial charge in [-0.15, -0.1) is 0 Å². The molecule has 0 saturated carbocycles. The summed E-state index contributed by atoms with van der Waals surface area (Å²) in [4.78, 5) is 35.8. The number of esters is 1. The molecule has 7 rings (SSSR count). The van der Waals surface area contributed by atoms with Crippen molar-refractivity contribution in [3.63, 3.8) is 0 Å². The maximum Gasteiger partial charge on any atom is 0.309 e. The number of pyridine rings is 2. The number of aromatic nitrogens is 2. The Morgan fingerprint density at radius 2 is 1.25 bits per heavy atom. The third kappa shape index (κ3) is 11.0. The van der Waals surface area contributed by atoms with E-state index in [1.165, 1.54) is 30.3 Å². The zero-order chi connectivity index (χ0) is 43.8. The molecule has 11 nitrogen and oxygen atoms in total. The molecule has 4 N–H and O–H groups in total. The van der Waals surface area contributed by atoms with E-state index in [9.17, 15) is 33.7 Å². The predicted octanol–water partition coefficient (Wildman–Crippen LogP) is 7.89. The number of fused-ring (bicyclic) bond motifs is 2. The molecule has 0 spiro atoms. The number of anilines is 2. The quantitative estimate of drug-likeness (QED) is 0.0890. The van der Waals surface area contributed by atoms with Gasteiger partial charge in [-0.05, 0) is 53.6 Å². The lowest BCUT2D eigenvalue weighted by molar-refractivity contribution is -0.156. The molecule has 4 atom stereocenters. The smallest absolute Gasteiger partial charge is 0.309 e. The summed E-state index contributed by atoms with van der Waals surface area (Å²) in [5, 5.41) is 40.6. The van der Waals surface area contributed by atoms with Gasteiger partial charge in [0.1, 0.15) is 29.4 Å². The highest BCUT2D eigenvalue weighted by Gasteiger charge is 2.26. The topological polar surface area (TPSA) is 157 Å². The Bertz CT molecular complexity index is 2560. The monoisotopic (exact) mass is 830 g/mol. The van der Waals surface area contributed by atoms with E-state index < -0.39 is 42.8 Å². The number of carbonyl (C=O) groups excluding carboxylic acids is 1. The number of halogens is 2. The van der Waals surface area contributed by atoms with Crippen LogP contribution in [0.1, 0.15) is 36.8 Å². The van der Waals surface area contributed by atoms with Gasteiger partial charge in [-0.3, -0.25) is 9.59 Å². The number of nitrogens with zero attached hydrogens (tertiary/aromatic N) is 4. The molecule has 13 heteroatoms. The summed E-state index contributed by atoms with van der Waals surface area (Å²) < 4.78 is 32.5. The second kappa shape index (κ2) is 19.7. The molecule has 0 radical (unpaired) electrons. The van der Waals surface area contributed by atoms with Crippen molar-refractivity contribution < 1.29 is 43.5 Å². The minimum atomic E-state index is -1.16. The van der Waals surface area contributed by atoms with Gasteiger partial charge in [0, 0.05) is 74.1 Å². The van der Waals surface area contributed by atoms with E-state index in [-0.39, 0.29) is 24.5 Å². The van der Waals surface area contributed by atoms with Gasteiger partial charge in [-0.25, -0.2) is 18.7 Å². The molecule has 61 heavy (non-hydrogen) atoms. The molecule has 3 heterocycles. The number of cyclic esters (lactones) is 1. The minimum absolute atomic E-state index is 0.0195. The van der Waals surface area contributed by atoms with Crippen molar-refractivity contribution >= 4 is 57.5 Å². The minimum Gasteiger partial charge on any atom is -0.481 e. The molecular weight excluding hydrogens is 783 g/mol. The van der Waals surface area contributed by atoms with E-state index in [1.54, 1.807) is 36.4 Å². The first kappa shape index (κ1) is 44.0. The maximum atomic E-state index is 13.6. The first-order chi connectivity index (χ1) is 29.2. The molecule has 4 aromatic carbocycles. The maximum absolute atomic E-state index is 13.6. The van der Waals surface area contributed by atoms with Crippen LogP contribution in [0.15, 0.2) is 109 Å². The van der Waals surface area contributed by atoms with Crippen LogP contribution in [0.5, 0.6) is 0 Å². The molecule has 0 aliphatic carbocycles. The average molecular weight is 831 g/mol. The summed E-state index contributed by atoms with van der Waals surface area (Å²) in [5.74, 6) is -0.776. The van der Waals surface area contributed by atoms with Crippen LogP contribution in [0.2, 0.25) is 0 Å². The lowest BCUT2D eigenvalue weighted by Gasteiger charge is -2.24. The van der Waals surface area contributed by atoms with Crippen LogP contribution in [0.4, 0.5) is 20.4 Å². The largest absolute Gasteiger partial charge is 0.481 e. The predicted molar refractivity (Wildman–Crippen MR) is 235 cm³/mol.